The zero-order valence-corrected chi connectivity index (χ0v) is 19.2. The molecule has 0 radical (unpaired) electrons. The number of hydrogen-bond acceptors (Lipinski definition) is 5. The maximum Gasteiger partial charge on any atom is 0.257 e. The minimum Gasteiger partial charge on any atom is -0.497 e. The Morgan fingerprint density at radius 2 is 1.65 bits per heavy atom. The number of carbonyl (C=O) groups excluding carboxylic acids is 1. The van der Waals surface area contributed by atoms with E-state index in [-0.39, 0.29) is 5.91 Å². The van der Waals surface area contributed by atoms with E-state index >= 15 is 0 Å². The second-order valence-corrected chi connectivity index (χ2v) is 8.29. The molecule has 0 atom stereocenters. The quantitative estimate of drug-likeness (QED) is 0.443. The molecule has 1 aliphatic heterocycles. The van der Waals surface area contributed by atoms with Gasteiger partial charge in [0.2, 0.25) is 0 Å². The lowest BCUT2D eigenvalue weighted by molar-refractivity contribution is 0.0628. The molecule has 5 rings (SSSR count). The molecule has 1 amide bonds. The number of nitrogens with zero attached hydrogens (tertiary/aromatic N) is 5. The third-order valence-electron chi connectivity index (χ3n) is 6.10. The summed E-state index contributed by atoms with van der Waals surface area (Å²) in [6.07, 6.45) is 3.66. The molecule has 0 N–H and O–H groups in total. The number of amides is 1. The monoisotopic (exact) mass is 453 g/mol. The van der Waals surface area contributed by atoms with Crippen molar-refractivity contribution in [1.29, 1.82) is 0 Å². The number of ether oxygens (including phenoxy) is 1. The lowest BCUT2D eigenvalue weighted by Crippen LogP contribution is -2.48. The Hall–Kier alpha value is -3.97. The number of piperazine rings is 1. The smallest absolute Gasteiger partial charge is 0.257 e. The van der Waals surface area contributed by atoms with E-state index in [1.54, 1.807) is 11.8 Å². The summed E-state index contributed by atoms with van der Waals surface area (Å²) < 4.78 is 7.08. The van der Waals surface area contributed by atoms with Crippen molar-refractivity contribution in [1.82, 2.24) is 24.6 Å². The lowest BCUT2D eigenvalue weighted by Gasteiger charge is -2.34. The number of carbonyl (C=O) groups is 1. The van der Waals surface area contributed by atoms with E-state index in [1.165, 1.54) is 0 Å². The van der Waals surface area contributed by atoms with Crippen molar-refractivity contribution in [2.45, 2.75) is 6.54 Å². The van der Waals surface area contributed by atoms with Gasteiger partial charge in [0.15, 0.2) is 0 Å². The van der Waals surface area contributed by atoms with Crippen LogP contribution in [-0.2, 0) is 6.54 Å². The van der Waals surface area contributed by atoms with E-state index in [0.29, 0.717) is 24.3 Å². The Labute approximate surface area is 199 Å². The molecule has 34 heavy (non-hydrogen) atoms. The summed E-state index contributed by atoms with van der Waals surface area (Å²) in [6, 6.07) is 23.5. The fourth-order valence-electron chi connectivity index (χ4n) is 4.21. The molecule has 2 aromatic carbocycles. The summed E-state index contributed by atoms with van der Waals surface area (Å²) in [5.41, 5.74) is 4.12. The zero-order chi connectivity index (χ0) is 23.3. The minimum atomic E-state index is 0.00508. The van der Waals surface area contributed by atoms with E-state index < -0.39 is 0 Å². The van der Waals surface area contributed by atoms with Crippen molar-refractivity contribution in [3.63, 3.8) is 0 Å². The average Bonchev–Trinajstić information content (AvgIpc) is 3.35. The maximum absolute atomic E-state index is 13.6. The van der Waals surface area contributed by atoms with Crippen LogP contribution in [0.15, 0.2) is 85.2 Å². The number of pyridine rings is 1. The first-order chi connectivity index (χ1) is 16.7. The number of para-hydroxylation sites is 1. The van der Waals surface area contributed by atoms with Gasteiger partial charge in [0.25, 0.3) is 5.91 Å². The molecule has 1 saturated heterocycles. The summed E-state index contributed by atoms with van der Waals surface area (Å²) in [7, 11) is 1.64. The molecular formula is C27H27N5O2. The molecule has 7 heteroatoms. The Morgan fingerprint density at radius 1 is 0.912 bits per heavy atom. The number of methoxy groups -OCH3 is 1. The summed E-state index contributed by atoms with van der Waals surface area (Å²) in [4.78, 5) is 22.3. The molecule has 0 aliphatic carbocycles. The summed E-state index contributed by atoms with van der Waals surface area (Å²) >= 11 is 0. The van der Waals surface area contributed by atoms with Gasteiger partial charge in [0, 0.05) is 50.7 Å². The molecule has 3 heterocycles. The van der Waals surface area contributed by atoms with Crippen LogP contribution in [0, 0.1) is 0 Å². The van der Waals surface area contributed by atoms with Crippen LogP contribution >= 0.6 is 0 Å². The molecule has 4 aromatic rings. The van der Waals surface area contributed by atoms with E-state index in [9.17, 15) is 4.79 Å². The van der Waals surface area contributed by atoms with Gasteiger partial charge in [-0.2, -0.15) is 5.10 Å². The third kappa shape index (κ3) is 4.70. The van der Waals surface area contributed by atoms with Crippen LogP contribution in [0.25, 0.3) is 16.9 Å². The Bertz CT molecular complexity index is 1230. The van der Waals surface area contributed by atoms with Crippen molar-refractivity contribution in [3.8, 4) is 22.7 Å². The van der Waals surface area contributed by atoms with Crippen LogP contribution in [0.2, 0.25) is 0 Å². The fraction of sp³-hybridized carbons (Fsp3) is 0.222. The van der Waals surface area contributed by atoms with Crippen molar-refractivity contribution >= 4 is 5.91 Å². The standard InChI is InChI=1S/C27H27N5O2/c1-34-24-12-10-21(11-13-24)26-25(20-32(29-26)23-8-3-2-4-9-23)27(33)31-17-15-30(16-18-31)19-22-7-5-6-14-28-22/h2-14,20H,15-19H2,1H3. The van der Waals surface area contributed by atoms with Gasteiger partial charge in [-0.3, -0.25) is 14.7 Å². The zero-order valence-electron chi connectivity index (χ0n) is 19.2. The van der Waals surface area contributed by atoms with Gasteiger partial charge in [-0.25, -0.2) is 4.68 Å². The highest BCUT2D eigenvalue weighted by Crippen LogP contribution is 2.27. The number of hydrogen-bond donors (Lipinski definition) is 0. The second kappa shape index (κ2) is 9.89. The summed E-state index contributed by atoms with van der Waals surface area (Å²) in [6.45, 7) is 3.76. The Balaban J connectivity index is 1.38. The first-order valence-corrected chi connectivity index (χ1v) is 11.4. The van der Waals surface area contributed by atoms with E-state index in [0.717, 1.165) is 42.3 Å². The van der Waals surface area contributed by atoms with Crippen LogP contribution < -0.4 is 4.74 Å². The predicted molar refractivity (Wildman–Crippen MR) is 131 cm³/mol. The largest absolute Gasteiger partial charge is 0.497 e. The van der Waals surface area contributed by atoms with Gasteiger partial charge in [-0.15, -0.1) is 0 Å². The first-order valence-electron chi connectivity index (χ1n) is 11.4. The van der Waals surface area contributed by atoms with E-state index in [2.05, 4.69) is 9.88 Å². The average molecular weight is 454 g/mol. The fourth-order valence-corrected chi connectivity index (χ4v) is 4.21. The third-order valence-corrected chi connectivity index (χ3v) is 6.10. The van der Waals surface area contributed by atoms with Gasteiger partial charge in [-0.05, 0) is 48.5 Å². The van der Waals surface area contributed by atoms with Crippen molar-refractivity contribution in [3.05, 3.63) is 96.4 Å². The van der Waals surface area contributed by atoms with Crippen LogP contribution in [0.5, 0.6) is 5.75 Å². The summed E-state index contributed by atoms with van der Waals surface area (Å²) in [5.74, 6) is 0.772. The molecule has 0 bridgehead atoms. The van der Waals surface area contributed by atoms with Crippen LogP contribution in [0.4, 0.5) is 0 Å². The molecule has 0 saturated carbocycles. The minimum absolute atomic E-state index is 0.00508. The van der Waals surface area contributed by atoms with Crippen LogP contribution in [-0.4, -0.2) is 63.8 Å². The Kier molecular flexibility index (Phi) is 6.35. The van der Waals surface area contributed by atoms with Crippen molar-refractivity contribution in [2.75, 3.05) is 33.3 Å². The Morgan fingerprint density at radius 3 is 2.32 bits per heavy atom. The molecule has 1 aliphatic rings. The second-order valence-electron chi connectivity index (χ2n) is 8.29. The maximum atomic E-state index is 13.6. The SMILES string of the molecule is COc1ccc(-c2nn(-c3ccccc3)cc2C(=O)N2CCN(Cc3ccccn3)CC2)cc1. The van der Waals surface area contributed by atoms with Gasteiger partial charge in [0.1, 0.15) is 11.4 Å². The van der Waals surface area contributed by atoms with Crippen molar-refractivity contribution < 1.29 is 9.53 Å². The van der Waals surface area contributed by atoms with Crippen LogP contribution in [0.1, 0.15) is 16.1 Å². The van der Waals surface area contributed by atoms with E-state index in [4.69, 9.17) is 9.84 Å². The molecule has 7 nitrogen and oxygen atoms in total. The van der Waals surface area contributed by atoms with E-state index in [1.807, 2.05) is 90.1 Å². The predicted octanol–water partition coefficient (Wildman–Crippen LogP) is 3.90. The van der Waals surface area contributed by atoms with Gasteiger partial charge in [-0.1, -0.05) is 24.3 Å². The summed E-state index contributed by atoms with van der Waals surface area (Å²) in [5, 5.41) is 4.80. The molecule has 172 valence electrons. The molecule has 0 unspecified atom stereocenters. The van der Waals surface area contributed by atoms with Gasteiger partial charge >= 0.3 is 0 Å². The highest BCUT2D eigenvalue weighted by Gasteiger charge is 2.27. The lowest BCUT2D eigenvalue weighted by atomic mass is 10.1. The van der Waals surface area contributed by atoms with Gasteiger partial charge < -0.3 is 9.64 Å². The number of aromatic nitrogens is 3. The van der Waals surface area contributed by atoms with Crippen molar-refractivity contribution in [2.24, 2.45) is 0 Å². The molecule has 0 spiro atoms. The molecular weight excluding hydrogens is 426 g/mol. The van der Waals surface area contributed by atoms with Gasteiger partial charge in [0.05, 0.1) is 24.1 Å². The number of benzene rings is 2. The normalized spacial score (nSPS) is 14.2. The molecule has 1 fully saturated rings. The first kappa shape index (κ1) is 21.9. The number of rotatable bonds is 6. The topological polar surface area (TPSA) is 63.5 Å². The highest BCUT2D eigenvalue weighted by molar-refractivity contribution is 6.00. The highest BCUT2D eigenvalue weighted by atomic mass is 16.5. The molecule has 2 aromatic heterocycles. The van der Waals surface area contributed by atoms with Crippen LogP contribution in [0.3, 0.4) is 0 Å².